The van der Waals surface area contributed by atoms with Gasteiger partial charge >= 0.3 is 0 Å². The lowest BCUT2D eigenvalue weighted by molar-refractivity contribution is 0.305. The van der Waals surface area contributed by atoms with Crippen LogP contribution in [0.4, 0.5) is 0 Å². The molecule has 3 nitrogen and oxygen atoms in total. The van der Waals surface area contributed by atoms with Gasteiger partial charge in [0.25, 0.3) is 0 Å². The molecule has 0 aliphatic heterocycles. The molecule has 0 saturated heterocycles. The average Bonchev–Trinajstić information content (AvgIpc) is 2.29. The van der Waals surface area contributed by atoms with E-state index < -0.39 is 11.1 Å². The zero-order valence-corrected chi connectivity index (χ0v) is 10.3. The molecule has 0 aliphatic rings. The minimum absolute atomic E-state index is 0.401. The molecular weight excluding hydrogens is 224 g/mol. The fraction of sp³-hybridized carbons (Fsp3) is 0.500. The number of benzene rings is 1. The van der Waals surface area contributed by atoms with Gasteiger partial charge in [0.1, 0.15) is 5.75 Å². The zero-order valence-electron chi connectivity index (χ0n) is 9.52. The fourth-order valence-electron chi connectivity index (χ4n) is 1.37. The molecule has 1 atom stereocenters. The van der Waals surface area contributed by atoms with Gasteiger partial charge in [-0.05, 0) is 30.7 Å². The second-order valence-electron chi connectivity index (χ2n) is 3.63. The first-order chi connectivity index (χ1) is 7.74. The lowest BCUT2D eigenvalue weighted by atomic mass is 10.2. The van der Waals surface area contributed by atoms with Gasteiger partial charge in [0.05, 0.1) is 11.5 Å². The van der Waals surface area contributed by atoms with Crippen LogP contribution in [0, 0.1) is 0 Å². The predicted octanol–water partition coefficient (Wildman–Crippen LogP) is 3.23. The van der Waals surface area contributed by atoms with Gasteiger partial charge < -0.3 is 9.29 Å². The van der Waals surface area contributed by atoms with Crippen LogP contribution in [-0.2, 0) is 11.1 Å². The summed E-state index contributed by atoms with van der Waals surface area (Å²) >= 11 is -1.90. The maximum atomic E-state index is 10.7. The number of rotatable bonds is 7. The van der Waals surface area contributed by atoms with Crippen molar-refractivity contribution in [2.75, 3.05) is 6.61 Å². The molecule has 1 aromatic carbocycles. The summed E-state index contributed by atoms with van der Waals surface area (Å²) < 4.78 is 25.0. The highest BCUT2D eigenvalue weighted by molar-refractivity contribution is 7.79. The van der Waals surface area contributed by atoms with Gasteiger partial charge in [0.15, 0.2) is 11.1 Å². The molecule has 1 unspecified atom stereocenters. The first-order valence-electron chi connectivity index (χ1n) is 5.57. The van der Waals surface area contributed by atoms with Crippen molar-refractivity contribution in [3.8, 4) is 5.75 Å². The van der Waals surface area contributed by atoms with Crippen molar-refractivity contribution in [2.45, 2.75) is 37.5 Å². The molecule has 0 spiro atoms. The van der Waals surface area contributed by atoms with E-state index in [0.29, 0.717) is 11.5 Å². The molecule has 0 aliphatic carbocycles. The summed E-state index contributed by atoms with van der Waals surface area (Å²) in [6, 6.07) is 6.67. The summed E-state index contributed by atoms with van der Waals surface area (Å²) in [5.74, 6) is 0.755. The summed E-state index contributed by atoms with van der Waals surface area (Å²) in [4.78, 5) is 0.401. The third-order valence-corrected chi connectivity index (χ3v) is 2.97. The topological polar surface area (TPSA) is 46.5 Å². The van der Waals surface area contributed by atoms with Gasteiger partial charge in [-0.15, -0.1) is 0 Å². The molecule has 90 valence electrons. The van der Waals surface area contributed by atoms with E-state index in [1.807, 2.05) is 0 Å². The minimum Gasteiger partial charge on any atom is -0.494 e. The van der Waals surface area contributed by atoms with E-state index >= 15 is 0 Å². The van der Waals surface area contributed by atoms with Gasteiger partial charge in [-0.2, -0.15) is 0 Å². The average molecular weight is 242 g/mol. The fourth-order valence-corrected chi connectivity index (χ4v) is 1.74. The Balaban J connectivity index is 2.29. The lowest BCUT2D eigenvalue weighted by Gasteiger charge is -2.05. The zero-order chi connectivity index (χ0) is 11.8. The van der Waals surface area contributed by atoms with Crippen molar-refractivity contribution < 1.29 is 13.5 Å². The molecule has 4 heteroatoms. The smallest absolute Gasteiger partial charge is 0.186 e. The number of unbranched alkanes of at least 4 members (excludes halogenated alkanes) is 3. The van der Waals surface area contributed by atoms with Crippen LogP contribution in [0.2, 0.25) is 0 Å². The van der Waals surface area contributed by atoms with Crippen LogP contribution in [0.3, 0.4) is 0 Å². The molecule has 0 bridgehead atoms. The lowest BCUT2D eigenvalue weighted by Crippen LogP contribution is -1.97. The van der Waals surface area contributed by atoms with Crippen LogP contribution in [0.25, 0.3) is 0 Å². The van der Waals surface area contributed by atoms with Crippen LogP contribution in [-0.4, -0.2) is 15.4 Å². The number of ether oxygens (including phenoxy) is 1. The SMILES string of the molecule is CCCCCCOc1ccc(S(=O)O)cc1. The Morgan fingerprint density at radius 2 is 1.88 bits per heavy atom. The van der Waals surface area contributed by atoms with E-state index in [1.165, 1.54) is 19.3 Å². The molecule has 0 aromatic heterocycles. The monoisotopic (exact) mass is 242 g/mol. The molecule has 1 rings (SSSR count). The second-order valence-corrected chi connectivity index (χ2v) is 4.60. The highest BCUT2D eigenvalue weighted by Gasteiger charge is 1.99. The van der Waals surface area contributed by atoms with E-state index in [2.05, 4.69) is 6.92 Å². The van der Waals surface area contributed by atoms with Crippen molar-refractivity contribution in [3.63, 3.8) is 0 Å². The van der Waals surface area contributed by atoms with Crippen molar-refractivity contribution in [1.29, 1.82) is 0 Å². The molecule has 16 heavy (non-hydrogen) atoms. The van der Waals surface area contributed by atoms with E-state index in [1.54, 1.807) is 24.3 Å². The highest BCUT2D eigenvalue weighted by Crippen LogP contribution is 2.14. The molecule has 0 saturated carbocycles. The van der Waals surface area contributed by atoms with E-state index in [0.717, 1.165) is 12.2 Å². The van der Waals surface area contributed by atoms with E-state index in [-0.39, 0.29) is 0 Å². The normalized spacial score (nSPS) is 12.4. The molecule has 1 N–H and O–H groups in total. The first kappa shape index (κ1) is 13.2. The summed E-state index contributed by atoms with van der Waals surface area (Å²) in [6.07, 6.45) is 4.71. The number of hydrogen-bond donors (Lipinski definition) is 1. The largest absolute Gasteiger partial charge is 0.494 e. The summed E-state index contributed by atoms with van der Waals surface area (Å²) in [5, 5.41) is 0. The highest BCUT2D eigenvalue weighted by atomic mass is 32.2. The van der Waals surface area contributed by atoms with Crippen molar-refractivity contribution in [3.05, 3.63) is 24.3 Å². The third kappa shape index (κ3) is 4.77. The van der Waals surface area contributed by atoms with Crippen LogP contribution < -0.4 is 4.74 Å². The second kappa shape index (κ2) is 7.41. The Bertz CT molecular complexity index is 322. The van der Waals surface area contributed by atoms with Crippen molar-refractivity contribution in [2.24, 2.45) is 0 Å². The van der Waals surface area contributed by atoms with Gasteiger partial charge in [-0.3, -0.25) is 0 Å². The Morgan fingerprint density at radius 1 is 1.19 bits per heavy atom. The van der Waals surface area contributed by atoms with Gasteiger partial charge in [0, 0.05) is 0 Å². The van der Waals surface area contributed by atoms with Gasteiger partial charge in [-0.25, -0.2) is 4.21 Å². The quantitative estimate of drug-likeness (QED) is 0.590. The molecule has 0 radical (unpaired) electrons. The summed E-state index contributed by atoms with van der Waals surface area (Å²) in [7, 11) is 0. The van der Waals surface area contributed by atoms with Crippen LogP contribution in [0.15, 0.2) is 29.2 Å². The Kier molecular flexibility index (Phi) is 6.11. The van der Waals surface area contributed by atoms with Gasteiger partial charge in [-0.1, -0.05) is 26.2 Å². The number of hydrogen-bond acceptors (Lipinski definition) is 2. The summed E-state index contributed by atoms with van der Waals surface area (Å²) in [5.41, 5.74) is 0. The molecule has 0 amide bonds. The minimum atomic E-state index is -1.90. The maximum absolute atomic E-state index is 10.7. The molecule has 0 heterocycles. The Morgan fingerprint density at radius 3 is 2.44 bits per heavy atom. The van der Waals surface area contributed by atoms with Crippen molar-refractivity contribution >= 4 is 11.1 Å². The molecule has 1 aromatic rings. The van der Waals surface area contributed by atoms with Gasteiger partial charge in [0.2, 0.25) is 0 Å². The Hall–Kier alpha value is -0.870. The summed E-state index contributed by atoms with van der Waals surface area (Å²) in [6.45, 7) is 2.89. The predicted molar refractivity (Wildman–Crippen MR) is 65.1 cm³/mol. The van der Waals surface area contributed by atoms with E-state index in [9.17, 15) is 4.21 Å². The maximum Gasteiger partial charge on any atom is 0.186 e. The molecule has 0 fully saturated rings. The first-order valence-corrected chi connectivity index (χ1v) is 6.68. The van der Waals surface area contributed by atoms with E-state index in [4.69, 9.17) is 9.29 Å². The van der Waals surface area contributed by atoms with Crippen LogP contribution in [0.1, 0.15) is 32.6 Å². The van der Waals surface area contributed by atoms with Crippen LogP contribution >= 0.6 is 0 Å². The molecular formula is C12H18O3S. The van der Waals surface area contributed by atoms with Crippen LogP contribution in [0.5, 0.6) is 5.75 Å². The van der Waals surface area contributed by atoms with Crippen molar-refractivity contribution in [1.82, 2.24) is 0 Å². The third-order valence-electron chi connectivity index (χ3n) is 2.29. The standard InChI is InChI=1S/C12H18O3S/c1-2-3-4-5-10-15-11-6-8-12(9-7-11)16(13)14/h6-9H,2-5,10H2,1H3,(H,13,14). The Labute approximate surface area is 99.1 Å².